The van der Waals surface area contributed by atoms with Crippen LogP contribution in [0.15, 0.2) is 5.38 Å². The van der Waals surface area contributed by atoms with Crippen molar-refractivity contribution >= 4 is 17.1 Å². The minimum absolute atomic E-state index is 0.00967. The van der Waals surface area contributed by atoms with Crippen molar-refractivity contribution in [3.05, 3.63) is 21.8 Å². The van der Waals surface area contributed by atoms with Gasteiger partial charge in [-0.05, 0) is 13.8 Å². The molecular formula is C11H13N3OS. The van der Waals surface area contributed by atoms with Gasteiger partial charge in [0.1, 0.15) is 0 Å². The molecule has 2 aromatic heterocycles. The quantitative estimate of drug-likeness (QED) is 0.751. The van der Waals surface area contributed by atoms with Crippen molar-refractivity contribution in [2.24, 2.45) is 7.05 Å². The Balaban J connectivity index is 2.54. The molecule has 0 aliphatic heterocycles. The first-order chi connectivity index (χ1) is 7.50. The molecule has 0 amide bonds. The van der Waals surface area contributed by atoms with E-state index in [0.29, 0.717) is 5.01 Å². The summed E-state index contributed by atoms with van der Waals surface area (Å²) in [4.78, 5) is 15.5. The van der Waals surface area contributed by atoms with Crippen LogP contribution in [0.4, 0.5) is 0 Å². The van der Waals surface area contributed by atoms with Gasteiger partial charge in [-0.3, -0.25) is 9.48 Å². The summed E-state index contributed by atoms with van der Waals surface area (Å²) < 4.78 is 1.83. The standard InChI is InChI=1S/C11H13N3OS/c1-6-10(7(2)14(4)13-6)9-5-16-11(12-9)8(3)15/h5H,1-4H3. The van der Waals surface area contributed by atoms with E-state index in [-0.39, 0.29) is 5.78 Å². The highest BCUT2D eigenvalue weighted by molar-refractivity contribution is 7.12. The summed E-state index contributed by atoms with van der Waals surface area (Å²) >= 11 is 1.38. The molecule has 2 rings (SSSR count). The monoisotopic (exact) mass is 235 g/mol. The van der Waals surface area contributed by atoms with E-state index < -0.39 is 0 Å². The number of Topliss-reactive ketones (excluding diaryl/α,β-unsaturated/α-hetero) is 1. The second-order valence-electron chi connectivity index (χ2n) is 3.76. The van der Waals surface area contributed by atoms with Crippen molar-refractivity contribution in [1.29, 1.82) is 0 Å². The van der Waals surface area contributed by atoms with Crippen LogP contribution < -0.4 is 0 Å². The Morgan fingerprint density at radius 2 is 2.12 bits per heavy atom. The third-order valence-electron chi connectivity index (χ3n) is 2.57. The van der Waals surface area contributed by atoms with Crippen LogP contribution in [0.1, 0.15) is 28.1 Å². The molecule has 16 heavy (non-hydrogen) atoms. The molecule has 0 unspecified atom stereocenters. The van der Waals surface area contributed by atoms with Crippen molar-refractivity contribution in [2.75, 3.05) is 0 Å². The zero-order chi connectivity index (χ0) is 11.9. The molecular weight excluding hydrogens is 222 g/mol. The van der Waals surface area contributed by atoms with E-state index in [1.807, 2.05) is 31.0 Å². The second-order valence-corrected chi connectivity index (χ2v) is 4.62. The van der Waals surface area contributed by atoms with Crippen LogP contribution in [-0.4, -0.2) is 20.5 Å². The highest BCUT2D eigenvalue weighted by Crippen LogP contribution is 2.27. The number of ketones is 1. The summed E-state index contributed by atoms with van der Waals surface area (Å²) in [5.41, 5.74) is 3.89. The average Bonchev–Trinajstić information content (AvgIpc) is 2.74. The zero-order valence-corrected chi connectivity index (χ0v) is 10.6. The second kappa shape index (κ2) is 3.83. The van der Waals surface area contributed by atoms with Crippen LogP contribution in [0, 0.1) is 13.8 Å². The molecule has 5 heteroatoms. The molecule has 0 atom stereocenters. The van der Waals surface area contributed by atoms with Crippen LogP contribution in [0.5, 0.6) is 0 Å². The molecule has 0 saturated heterocycles. The molecule has 0 radical (unpaired) electrons. The Kier molecular flexibility index (Phi) is 2.63. The van der Waals surface area contributed by atoms with Crippen molar-refractivity contribution in [1.82, 2.24) is 14.8 Å². The number of nitrogens with zero attached hydrogens (tertiary/aromatic N) is 3. The van der Waals surface area contributed by atoms with Crippen LogP contribution >= 0.6 is 11.3 Å². The number of hydrogen-bond acceptors (Lipinski definition) is 4. The van der Waals surface area contributed by atoms with E-state index >= 15 is 0 Å². The number of aromatic nitrogens is 3. The Labute approximate surface area is 97.9 Å². The maximum atomic E-state index is 11.2. The van der Waals surface area contributed by atoms with Gasteiger partial charge >= 0.3 is 0 Å². The smallest absolute Gasteiger partial charge is 0.188 e. The van der Waals surface area contributed by atoms with Crippen molar-refractivity contribution < 1.29 is 4.79 Å². The SMILES string of the molecule is CC(=O)c1nc(-c2c(C)nn(C)c2C)cs1. The summed E-state index contributed by atoms with van der Waals surface area (Å²) in [6.07, 6.45) is 0. The van der Waals surface area contributed by atoms with Crippen LogP contribution in [-0.2, 0) is 7.05 Å². The lowest BCUT2D eigenvalue weighted by atomic mass is 10.1. The largest absolute Gasteiger partial charge is 0.292 e. The van der Waals surface area contributed by atoms with Crippen LogP contribution in [0.25, 0.3) is 11.3 Å². The lowest BCUT2D eigenvalue weighted by Crippen LogP contribution is -1.93. The first-order valence-corrected chi connectivity index (χ1v) is 5.85. The fraction of sp³-hybridized carbons (Fsp3) is 0.364. The summed E-state index contributed by atoms with van der Waals surface area (Å²) in [7, 11) is 1.91. The highest BCUT2D eigenvalue weighted by atomic mass is 32.1. The molecule has 0 N–H and O–H groups in total. The maximum Gasteiger partial charge on any atom is 0.188 e. The Morgan fingerprint density at radius 1 is 1.44 bits per heavy atom. The van der Waals surface area contributed by atoms with Gasteiger partial charge in [0, 0.05) is 30.6 Å². The predicted molar refractivity (Wildman–Crippen MR) is 63.8 cm³/mol. The molecule has 0 aliphatic carbocycles. The summed E-state index contributed by atoms with van der Waals surface area (Å²) in [5.74, 6) is 0.00967. The molecule has 2 heterocycles. The third kappa shape index (κ3) is 1.67. The van der Waals surface area contributed by atoms with Gasteiger partial charge in [-0.15, -0.1) is 11.3 Å². The van der Waals surface area contributed by atoms with E-state index in [9.17, 15) is 4.79 Å². The van der Waals surface area contributed by atoms with Gasteiger partial charge in [0.15, 0.2) is 10.8 Å². The molecule has 0 aromatic carbocycles. The molecule has 4 nitrogen and oxygen atoms in total. The van der Waals surface area contributed by atoms with E-state index in [0.717, 1.165) is 22.6 Å². The average molecular weight is 235 g/mol. The fourth-order valence-corrected chi connectivity index (χ4v) is 2.41. The number of rotatable bonds is 2. The molecule has 0 fully saturated rings. The molecule has 84 valence electrons. The van der Waals surface area contributed by atoms with Gasteiger partial charge in [-0.2, -0.15) is 5.10 Å². The van der Waals surface area contributed by atoms with Crippen molar-refractivity contribution in [3.8, 4) is 11.3 Å². The zero-order valence-electron chi connectivity index (χ0n) is 9.74. The van der Waals surface area contributed by atoms with Gasteiger partial charge in [0.2, 0.25) is 0 Å². The van der Waals surface area contributed by atoms with Gasteiger partial charge in [-0.1, -0.05) is 0 Å². The Bertz CT molecular complexity index is 554. The fourth-order valence-electron chi connectivity index (χ4n) is 1.69. The van der Waals surface area contributed by atoms with Crippen LogP contribution in [0.3, 0.4) is 0 Å². The Hall–Kier alpha value is -1.49. The van der Waals surface area contributed by atoms with Gasteiger partial charge in [0.05, 0.1) is 11.4 Å². The normalized spacial score (nSPS) is 10.8. The molecule has 2 aromatic rings. The number of aryl methyl sites for hydroxylation is 2. The minimum Gasteiger partial charge on any atom is -0.292 e. The third-order valence-corrected chi connectivity index (χ3v) is 3.51. The number of carbonyl (C=O) groups is 1. The summed E-state index contributed by atoms with van der Waals surface area (Å²) in [6.45, 7) is 5.49. The molecule has 0 bridgehead atoms. The van der Waals surface area contributed by atoms with Crippen LogP contribution in [0.2, 0.25) is 0 Å². The van der Waals surface area contributed by atoms with Gasteiger partial charge in [0.25, 0.3) is 0 Å². The maximum absolute atomic E-state index is 11.2. The lowest BCUT2D eigenvalue weighted by molar-refractivity contribution is 0.101. The predicted octanol–water partition coefficient (Wildman–Crippen LogP) is 2.36. The molecule has 0 spiro atoms. The molecule has 0 saturated carbocycles. The number of thiazole rings is 1. The van der Waals surface area contributed by atoms with E-state index in [1.54, 1.807) is 0 Å². The number of carbonyl (C=O) groups excluding carboxylic acids is 1. The highest BCUT2D eigenvalue weighted by Gasteiger charge is 2.15. The summed E-state index contributed by atoms with van der Waals surface area (Å²) in [5, 5.41) is 6.80. The molecule has 0 aliphatic rings. The van der Waals surface area contributed by atoms with E-state index in [2.05, 4.69) is 10.1 Å². The summed E-state index contributed by atoms with van der Waals surface area (Å²) in [6, 6.07) is 0. The van der Waals surface area contributed by atoms with E-state index in [1.165, 1.54) is 18.3 Å². The van der Waals surface area contributed by atoms with Gasteiger partial charge < -0.3 is 0 Å². The minimum atomic E-state index is 0.00967. The van der Waals surface area contributed by atoms with Gasteiger partial charge in [-0.25, -0.2) is 4.98 Å². The topological polar surface area (TPSA) is 47.8 Å². The van der Waals surface area contributed by atoms with Crippen molar-refractivity contribution in [3.63, 3.8) is 0 Å². The van der Waals surface area contributed by atoms with Crippen molar-refractivity contribution in [2.45, 2.75) is 20.8 Å². The first kappa shape index (κ1) is 11.0. The lowest BCUT2D eigenvalue weighted by Gasteiger charge is -1.96. The Morgan fingerprint density at radius 3 is 2.56 bits per heavy atom. The first-order valence-electron chi connectivity index (χ1n) is 4.97. The van der Waals surface area contributed by atoms with E-state index in [4.69, 9.17) is 0 Å². The number of hydrogen-bond donors (Lipinski definition) is 0.